The molecular weight excluding hydrogens is 313 g/mol. The monoisotopic (exact) mass is 321 g/mol. The molecule has 0 fully saturated rings. The van der Waals surface area contributed by atoms with Crippen LogP contribution < -0.4 is 4.74 Å². The fraction of sp³-hybridized carbons (Fsp3) is 0.154. The predicted molar refractivity (Wildman–Crippen MR) is 70.3 cm³/mol. The van der Waals surface area contributed by atoms with Gasteiger partial charge in [0.2, 0.25) is 0 Å². The highest BCUT2D eigenvalue weighted by Gasteiger charge is 2.14. The number of nitrogens with zero attached hydrogens (tertiary/aromatic N) is 3. The summed E-state index contributed by atoms with van der Waals surface area (Å²) in [7, 11) is 0. The fourth-order valence-corrected chi connectivity index (χ4v) is 1.92. The Hall–Kier alpha value is -2.00. The van der Waals surface area contributed by atoms with E-state index >= 15 is 0 Å². The highest BCUT2D eigenvalue weighted by molar-refractivity contribution is 9.10. The van der Waals surface area contributed by atoms with Gasteiger partial charge in [-0.2, -0.15) is 5.26 Å². The molecule has 0 amide bonds. The Kier molecular flexibility index (Phi) is 4.07. The number of rotatable bonds is 3. The minimum atomic E-state index is -0.582. The Morgan fingerprint density at radius 1 is 1.42 bits per heavy atom. The number of nitriles is 1. The molecule has 1 aromatic heterocycles. The molecule has 0 aliphatic rings. The zero-order valence-corrected chi connectivity index (χ0v) is 11.6. The van der Waals surface area contributed by atoms with E-state index < -0.39 is 5.82 Å². The minimum Gasteiger partial charge on any atom is -0.421 e. The Bertz CT molecular complexity index is 655. The van der Waals surface area contributed by atoms with Gasteiger partial charge in [-0.05, 0) is 25.1 Å². The second-order valence-electron chi connectivity index (χ2n) is 3.76. The summed E-state index contributed by atoms with van der Waals surface area (Å²) in [5.74, 6) is -0.583. The van der Waals surface area contributed by atoms with E-state index in [2.05, 4.69) is 25.9 Å². The molecule has 0 atom stereocenters. The third kappa shape index (κ3) is 3.06. The number of ether oxygens (including phenoxy) is 1. The van der Waals surface area contributed by atoms with Crippen LogP contribution in [0.3, 0.4) is 0 Å². The first kappa shape index (κ1) is 13.4. The molecule has 0 radical (unpaired) electrons. The van der Waals surface area contributed by atoms with Crippen LogP contribution in [0.1, 0.15) is 11.3 Å². The zero-order chi connectivity index (χ0) is 13.8. The maximum absolute atomic E-state index is 14.1. The lowest BCUT2D eigenvalue weighted by atomic mass is 10.1. The summed E-state index contributed by atoms with van der Waals surface area (Å²) in [6, 6.07) is 6.79. The normalized spacial score (nSPS) is 10.0. The molecule has 2 aromatic rings. The van der Waals surface area contributed by atoms with Crippen molar-refractivity contribution in [3.05, 3.63) is 45.9 Å². The summed E-state index contributed by atoms with van der Waals surface area (Å²) >= 11 is 3.20. The smallest absolute Gasteiger partial charge is 0.322 e. The number of hydrogen-bond acceptors (Lipinski definition) is 4. The number of halogens is 2. The van der Waals surface area contributed by atoms with E-state index in [4.69, 9.17) is 10.00 Å². The Morgan fingerprint density at radius 3 is 2.89 bits per heavy atom. The van der Waals surface area contributed by atoms with Crippen LogP contribution in [0.4, 0.5) is 4.39 Å². The number of aryl methyl sites for hydroxylation is 1. The van der Waals surface area contributed by atoms with Crippen molar-refractivity contribution >= 4 is 15.9 Å². The molecule has 0 saturated heterocycles. The molecule has 4 nitrogen and oxygen atoms in total. The lowest BCUT2D eigenvalue weighted by molar-refractivity contribution is 0.407. The summed E-state index contributed by atoms with van der Waals surface area (Å²) in [6.07, 6.45) is 1.49. The van der Waals surface area contributed by atoms with Gasteiger partial charge in [-0.25, -0.2) is 14.4 Å². The molecule has 2 rings (SSSR count). The van der Waals surface area contributed by atoms with Crippen molar-refractivity contribution in [3.8, 4) is 17.8 Å². The van der Waals surface area contributed by atoms with Crippen LogP contribution in [-0.2, 0) is 6.42 Å². The molecule has 6 heteroatoms. The van der Waals surface area contributed by atoms with Crippen LogP contribution in [0.2, 0.25) is 0 Å². The summed E-state index contributed by atoms with van der Waals surface area (Å²) in [5, 5.41) is 8.68. The Morgan fingerprint density at radius 2 is 2.21 bits per heavy atom. The largest absolute Gasteiger partial charge is 0.421 e. The summed E-state index contributed by atoms with van der Waals surface area (Å²) in [4.78, 5) is 7.93. The van der Waals surface area contributed by atoms with E-state index in [9.17, 15) is 4.39 Å². The van der Waals surface area contributed by atoms with Gasteiger partial charge in [0.25, 0.3) is 0 Å². The van der Waals surface area contributed by atoms with Crippen LogP contribution in [-0.4, -0.2) is 9.97 Å². The van der Waals surface area contributed by atoms with Gasteiger partial charge in [-0.3, -0.25) is 0 Å². The first-order valence-electron chi connectivity index (χ1n) is 5.43. The minimum absolute atomic E-state index is 0.000880. The first-order chi connectivity index (χ1) is 9.11. The lowest BCUT2D eigenvalue weighted by Gasteiger charge is -2.08. The van der Waals surface area contributed by atoms with Crippen molar-refractivity contribution in [2.75, 3.05) is 0 Å². The number of aromatic nitrogens is 2. The van der Waals surface area contributed by atoms with E-state index in [-0.39, 0.29) is 23.7 Å². The lowest BCUT2D eigenvalue weighted by Crippen LogP contribution is -1.98. The van der Waals surface area contributed by atoms with E-state index in [1.165, 1.54) is 12.3 Å². The molecule has 0 unspecified atom stereocenters. The molecule has 1 heterocycles. The molecule has 0 bridgehead atoms. The number of hydrogen-bond donors (Lipinski definition) is 0. The molecule has 19 heavy (non-hydrogen) atoms. The third-order valence-electron chi connectivity index (χ3n) is 2.38. The maximum Gasteiger partial charge on any atom is 0.322 e. The second-order valence-corrected chi connectivity index (χ2v) is 4.61. The van der Waals surface area contributed by atoms with Crippen molar-refractivity contribution in [2.24, 2.45) is 0 Å². The summed E-state index contributed by atoms with van der Waals surface area (Å²) in [6.45, 7) is 1.79. The van der Waals surface area contributed by atoms with Crippen LogP contribution in [0, 0.1) is 24.1 Å². The maximum atomic E-state index is 14.1. The standard InChI is InChI=1S/C13H9BrFN3O/c1-8-5-7-17-13(18-8)19-11-3-2-10(14)9(4-6-16)12(11)15/h2-3,5,7H,4H2,1H3. The fourth-order valence-electron chi connectivity index (χ4n) is 1.47. The van der Waals surface area contributed by atoms with E-state index in [0.717, 1.165) is 5.69 Å². The third-order valence-corrected chi connectivity index (χ3v) is 3.12. The van der Waals surface area contributed by atoms with E-state index in [0.29, 0.717) is 4.47 Å². The second kappa shape index (κ2) is 5.76. The van der Waals surface area contributed by atoms with E-state index in [1.54, 1.807) is 19.1 Å². The molecule has 0 aliphatic carbocycles. The molecule has 1 aromatic carbocycles. The molecule has 0 N–H and O–H groups in total. The SMILES string of the molecule is Cc1ccnc(Oc2ccc(Br)c(CC#N)c2F)n1. The number of benzene rings is 1. The highest BCUT2D eigenvalue weighted by Crippen LogP contribution is 2.30. The average molecular weight is 322 g/mol. The molecule has 0 aliphatic heterocycles. The van der Waals surface area contributed by atoms with Crippen LogP contribution >= 0.6 is 15.9 Å². The van der Waals surface area contributed by atoms with Crippen molar-refractivity contribution in [1.29, 1.82) is 5.26 Å². The van der Waals surface area contributed by atoms with Crippen LogP contribution in [0.5, 0.6) is 11.8 Å². The summed E-state index contributed by atoms with van der Waals surface area (Å²) in [5.41, 5.74) is 0.979. The molecule has 0 saturated carbocycles. The van der Waals surface area contributed by atoms with Gasteiger partial charge in [-0.1, -0.05) is 15.9 Å². The Balaban J connectivity index is 2.36. The predicted octanol–water partition coefficient (Wildman–Crippen LogP) is 3.55. The summed E-state index contributed by atoms with van der Waals surface area (Å²) < 4.78 is 20.0. The quantitative estimate of drug-likeness (QED) is 0.867. The van der Waals surface area contributed by atoms with Gasteiger partial charge in [0, 0.05) is 21.9 Å². The van der Waals surface area contributed by atoms with E-state index in [1.807, 2.05) is 6.07 Å². The zero-order valence-electron chi connectivity index (χ0n) is 10.0. The first-order valence-corrected chi connectivity index (χ1v) is 6.22. The molecule has 0 spiro atoms. The molecule has 96 valence electrons. The van der Waals surface area contributed by atoms with Gasteiger partial charge in [0.15, 0.2) is 11.6 Å². The van der Waals surface area contributed by atoms with Gasteiger partial charge < -0.3 is 4.74 Å². The van der Waals surface area contributed by atoms with Gasteiger partial charge in [-0.15, -0.1) is 0 Å². The topological polar surface area (TPSA) is 58.8 Å². The Labute approximate surface area is 118 Å². The van der Waals surface area contributed by atoms with Gasteiger partial charge in [0.1, 0.15) is 0 Å². The van der Waals surface area contributed by atoms with Crippen molar-refractivity contribution in [1.82, 2.24) is 9.97 Å². The van der Waals surface area contributed by atoms with Gasteiger partial charge >= 0.3 is 6.01 Å². The molecular formula is C13H9BrFN3O. The highest BCUT2D eigenvalue weighted by atomic mass is 79.9. The van der Waals surface area contributed by atoms with Crippen molar-refractivity contribution in [3.63, 3.8) is 0 Å². The van der Waals surface area contributed by atoms with Gasteiger partial charge in [0.05, 0.1) is 12.5 Å². The average Bonchev–Trinajstić information content (AvgIpc) is 2.38. The van der Waals surface area contributed by atoms with Crippen molar-refractivity contribution < 1.29 is 9.13 Å². The van der Waals surface area contributed by atoms with Crippen molar-refractivity contribution in [2.45, 2.75) is 13.3 Å². The van der Waals surface area contributed by atoms with Crippen LogP contribution in [0.15, 0.2) is 28.9 Å². The van der Waals surface area contributed by atoms with Crippen LogP contribution in [0.25, 0.3) is 0 Å².